The Labute approximate surface area is 89.5 Å². The molecule has 14 heavy (non-hydrogen) atoms. The summed E-state index contributed by atoms with van der Waals surface area (Å²) in [5.74, 6) is 1.59. The lowest BCUT2D eigenvalue weighted by atomic mass is 10.2. The van der Waals surface area contributed by atoms with Crippen LogP contribution in [0.5, 0.6) is 0 Å². The van der Waals surface area contributed by atoms with Gasteiger partial charge in [0.25, 0.3) is 0 Å². The standard InChI is InChI=1S/C11H18N2S/c1-3-4-9-10(6-12)14-11(13-9)8-5-7(8)2/h7-8H,3-6,12H2,1-2H3. The van der Waals surface area contributed by atoms with Crippen LogP contribution in [0.25, 0.3) is 0 Å². The van der Waals surface area contributed by atoms with Crippen molar-refractivity contribution in [1.82, 2.24) is 4.98 Å². The molecule has 78 valence electrons. The van der Waals surface area contributed by atoms with E-state index >= 15 is 0 Å². The average molecular weight is 210 g/mol. The van der Waals surface area contributed by atoms with Crippen molar-refractivity contribution < 1.29 is 0 Å². The predicted molar refractivity (Wildman–Crippen MR) is 60.5 cm³/mol. The van der Waals surface area contributed by atoms with Gasteiger partial charge in [0, 0.05) is 17.3 Å². The monoisotopic (exact) mass is 210 g/mol. The summed E-state index contributed by atoms with van der Waals surface area (Å²) in [6, 6.07) is 0. The molecule has 1 heterocycles. The van der Waals surface area contributed by atoms with Gasteiger partial charge in [-0.1, -0.05) is 20.3 Å². The zero-order valence-electron chi connectivity index (χ0n) is 8.92. The van der Waals surface area contributed by atoms with Crippen molar-refractivity contribution in [2.45, 2.75) is 45.6 Å². The average Bonchev–Trinajstić information content (AvgIpc) is 2.77. The van der Waals surface area contributed by atoms with Gasteiger partial charge in [-0.25, -0.2) is 4.98 Å². The molecule has 1 fully saturated rings. The molecule has 2 N–H and O–H groups in total. The van der Waals surface area contributed by atoms with E-state index in [9.17, 15) is 0 Å². The van der Waals surface area contributed by atoms with E-state index in [1.54, 1.807) is 0 Å². The molecule has 3 heteroatoms. The lowest BCUT2D eigenvalue weighted by molar-refractivity contribution is 0.847. The third-order valence-corrected chi connectivity index (χ3v) is 4.15. The van der Waals surface area contributed by atoms with Gasteiger partial charge in [0.05, 0.1) is 10.7 Å². The van der Waals surface area contributed by atoms with Crippen LogP contribution in [0, 0.1) is 5.92 Å². The van der Waals surface area contributed by atoms with Crippen molar-refractivity contribution in [3.8, 4) is 0 Å². The molecule has 0 aromatic carbocycles. The van der Waals surface area contributed by atoms with Gasteiger partial charge in [-0.05, 0) is 18.8 Å². The normalized spacial score (nSPS) is 25.4. The van der Waals surface area contributed by atoms with E-state index in [0.29, 0.717) is 6.54 Å². The molecule has 1 saturated carbocycles. The van der Waals surface area contributed by atoms with Crippen LogP contribution in [0.4, 0.5) is 0 Å². The summed E-state index contributed by atoms with van der Waals surface area (Å²) < 4.78 is 0. The summed E-state index contributed by atoms with van der Waals surface area (Å²) in [6.45, 7) is 5.15. The molecular formula is C11H18N2S. The van der Waals surface area contributed by atoms with E-state index in [0.717, 1.165) is 24.7 Å². The Balaban J connectivity index is 2.18. The van der Waals surface area contributed by atoms with Crippen molar-refractivity contribution in [2.75, 3.05) is 0 Å². The van der Waals surface area contributed by atoms with E-state index in [1.807, 2.05) is 11.3 Å². The Morgan fingerprint density at radius 3 is 2.79 bits per heavy atom. The van der Waals surface area contributed by atoms with E-state index in [2.05, 4.69) is 13.8 Å². The highest BCUT2D eigenvalue weighted by molar-refractivity contribution is 7.11. The third-order valence-electron chi connectivity index (χ3n) is 2.89. The van der Waals surface area contributed by atoms with Crippen molar-refractivity contribution in [3.63, 3.8) is 0 Å². The van der Waals surface area contributed by atoms with Gasteiger partial charge in [0.1, 0.15) is 0 Å². The molecular weight excluding hydrogens is 192 g/mol. The number of thiazole rings is 1. The molecule has 0 bridgehead atoms. The minimum Gasteiger partial charge on any atom is -0.326 e. The van der Waals surface area contributed by atoms with Gasteiger partial charge >= 0.3 is 0 Å². The number of aryl methyl sites for hydroxylation is 1. The fraction of sp³-hybridized carbons (Fsp3) is 0.727. The highest BCUT2D eigenvalue weighted by Crippen LogP contribution is 2.48. The lowest BCUT2D eigenvalue weighted by Crippen LogP contribution is -1.97. The molecule has 1 aliphatic carbocycles. The molecule has 1 aliphatic rings. The number of nitrogens with zero attached hydrogens (tertiary/aromatic N) is 1. The molecule has 1 aromatic rings. The van der Waals surface area contributed by atoms with Crippen LogP contribution in [-0.2, 0) is 13.0 Å². The van der Waals surface area contributed by atoms with E-state index in [1.165, 1.54) is 22.0 Å². The molecule has 1 aromatic heterocycles. The van der Waals surface area contributed by atoms with Crippen LogP contribution < -0.4 is 5.73 Å². The maximum absolute atomic E-state index is 5.72. The molecule has 0 saturated heterocycles. The van der Waals surface area contributed by atoms with E-state index < -0.39 is 0 Å². The number of rotatable bonds is 4. The first-order valence-electron chi connectivity index (χ1n) is 5.44. The van der Waals surface area contributed by atoms with Crippen molar-refractivity contribution in [1.29, 1.82) is 0 Å². The molecule has 0 radical (unpaired) electrons. The second-order valence-corrected chi connectivity index (χ2v) is 5.31. The summed E-state index contributed by atoms with van der Waals surface area (Å²) in [6.07, 6.45) is 3.57. The van der Waals surface area contributed by atoms with E-state index in [-0.39, 0.29) is 0 Å². The highest BCUT2D eigenvalue weighted by atomic mass is 32.1. The third kappa shape index (κ3) is 1.84. The number of nitrogens with two attached hydrogens (primary N) is 1. The van der Waals surface area contributed by atoms with Gasteiger partial charge in [-0.2, -0.15) is 0 Å². The quantitative estimate of drug-likeness (QED) is 0.830. The van der Waals surface area contributed by atoms with Crippen LogP contribution in [0.3, 0.4) is 0 Å². The molecule has 2 atom stereocenters. The first kappa shape index (κ1) is 10.1. The smallest absolute Gasteiger partial charge is 0.0965 e. The van der Waals surface area contributed by atoms with E-state index in [4.69, 9.17) is 10.7 Å². The fourth-order valence-corrected chi connectivity index (χ4v) is 3.06. The van der Waals surface area contributed by atoms with Crippen LogP contribution in [0.1, 0.15) is 48.2 Å². The summed E-state index contributed by atoms with van der Waals surface area (Å²) in [5, 5.41) is 1.33. The molecule has 2 rings (SSSR count). The zero-order chi connectivity index (χ0) is 10.1. The molecule has 0 aliphatic heterocycles. The van der Waals surface area contributed by atoms with Crippen molar-refractivity contribution in [3.05, 3.63) is 15.6 Å². The SMILES string of the molecule is CCCc1nc(C2CC2C)sc1CN. The van der Waals surface area contributed by atoms with Crippen molar-refractivity contribution in [2.24, 2.45) is 11.7 Å². The molecule has 0 amide bonds. The van der Waals surface area contributed by atoms with Crippen LogP contribution in [0.2, 0.25) is 0 Å². The minimum atomic E-state index is 0.661. The highest BCUT2D eigenvalue weighted by Gasteiger charge is 2.36. The summed E-state index contributed by atoms with van der Waals surface area (Å²) in [5.41, 5.74) is 6.98. The summed E-state index contributed by atoms with van der Waals surface area (Å²) >= 11 is 1.84. The molecule has 0 spiro atoms. The van der Waals surface area contributed by atoms with Crippen LogP contribution in [-0.4, -0.2) is 4.98 Å². The van der Waals surface area contributed by atoms with Gasteiger partial charge in [-0.15, -0.1) is 11.3 Å². The number of hydrogen-bond donors (Lipinski definition) is 1. The number of aromatic nitrogens is 1. The predicted octanol–water partition coefficient (Wildman–Crippen LogP) is 2.68. The van der Waals surface area contributed by atoms with Crippen LogP contribution >= 0.6 is 11.3 Å². The molecule has 2 unspecified atom stereocenters. The zero-order valence-corrected chi connectivity index (χ0v) is 9.73. The van der Waals surface area contributed by atoms with Crippen molar-refractivity contribution >= 4 is 11.3 Å². The lowest BCUT2D eigenvalue weighted by Gasteiger charge is -1.94. The first-order valence-corrected chi connectivity index (χ1v) is 6.26. The Morgan fingerprint density at radius 1 is 1.57 bits per heavy atom. The Hall–Kier alpha value is -0.410. The maximum Gasteiger partial charge on any atom is 0.0965 e. The van der Waals surface area contributed by atoms with Gasteiger partial charge in [-0.3, -0.25) is 0 Å². The maximum atomic E-state index is 5.72. The Morgan fingerprint density at radius 2 is 2.29 bits per heavy atom. The second-order valence-electron chi connectivity index (χ2n) is 4.20. The van der Waals surface area contributed by atoms with Gasteiger partial charge in [0.15, 0.2) is 0 Å². The summed E-state index contributed by atoms with van der Waals surface area (Å²) in [4.78, 5) is 6.03. The van der Waals surface area contributed by atoms with Gasteiger partial charge in [0.2, 0.25) is 0 Å². The first-order chi connectivity index (χ1) is 6.76. The second kappa shape index (κ2) is 3.99. The minimum absolute atomic E-state index is 0.661. The largest absolute Gasteiger partial charge is 0.326 e. The summed E-state index contributed by atoms with van der Waals surface area (Å²) in [7, 11) is 0. The topological polar surface area (TPSA) is 38.9 Å². The molecule has 2 nitrogen and oxygen atoms in total. The van der Waals surface area contributed by atoms with Crippen LogP contribution in [0.15, 0.2) is 0 Å². The fourth-order valence-electron chi connectivity index (χ4n) is 1.82. The van der Waals surface area contributed by atoms with Gasteiger partial charge < -0.3 is 5.73 Å². The Kier molecular flexibility index (Phi) is 2.88. The number of hydrogen-bond acceptors (Lipinski definition) is 3. The Bertz CT molecular complexity index is 319.